The number of Topliss-reactive ketones (excluding diaryl/α,β-unsaturated/α-hetero) is 1. The van der Waals surface area contributed by atoms with E-state index >= 15 is 0 Å². The Kier molecular flexibility index (Phi) is 5.27. The molecule has 2 heterocycles. The van der Waals surface area contributed by atoms with Gasteiger partial charge in [-0.05, 0) is 35.9 Å². The Morgan fingerprint density at radius 3 is 2.50 bits per heavy atom. The highest BCUT2D eigenvalue weighted by atomic mass is 16.5. The molecule has 0 fully saturated rings. The molecule has 5 rings (SSSR count). The quantitative estimate of drug-likeness (QED) is 0.646. The third-order valence-corrected chi connectivity index (χ3v) is 6.26. The second-order valence-corrected chi connectivity index (χ2v) is 8.12. The summed E-state index contributed by atoms with van der Waals surface area (Å²) in [4.78, 5) is 16.7. The molecule has 1 aliphatic heterocycles. The van der Waals surface area contributed by atoms with Crippen LogP contribution >= 0.6 is 0 Å². The fraction of sp³-hybridized carbons (Fsp3) is 0.231. The van der Waals surface area contributed by atoms with E-state index in [2.05, 4.69) is 21.7 Å². The lowest BCUT2D eigenvalue weighted by Crippen LogP contribution is -2.34. The number of allylic oxidation sites excluding steroid dienone is 1. The van der Waals surface area contributed by atoms with Crippen molar-refractivity contribution in [1.82, 2.24) is 0 Å². The summed E-state index contributed by atoms with van der Waals surface area (Å²) in [5.41, 5.74) is 4.94. The molecule has 2 aliphatic rings. The Morgan fingerprint density at radius 2 is 1.75 bits per heavy atom. The van der Waals surface area contributed by atoms with Gasteiger partial charge in [0.05, 0.1) is 37.6 Å². The van der Waals surface area contributed by atoms with Crippen LogP contribution in [-0.2, 0) is 4.79 Å². The van der Waals surface area contributed by atoms with E-state index in [4.69, 9.17) is 9.47 Å². The van der Waals surface area contributed by atoms with Crippen LogP contribution in [0.3, 0.4) is 0 Å². The third-order valence-electron chi connectivity index (χ3n) is 6.26. The van der Waals surface area contributed by atoms with Crippen molar-refractivity contribution in [3.05, 3.63) is 89.9 Å². The minimum absolute atomic E-state index is 0.0469. The molecule has 3 N–H and O–H groups in total. The number of ketones is 1. The Labute approximate surface area is 187 Å². The lowest BCUT2D eigenvalue weighted by atomic mass is 9.76. The normalized spacial score (nSPS) is 21.8. The third kappa shape index (κ3) is 3.58. The zero-order chi connectivity index (χ0) is 22.1. The molecule has 3 atom stereocenters. The molecule has 0 spiro atoms. The minimum Gasteiger partial charge on any atom is -0.493 e. The van der Waals surface area contributed by atoms with Crippen molar-refractivity contribution in [2.24, 2.45) is 5.92 Å². The maximum Gasteiger partial charge on any atom is 0.172 e. The number of hydrogen-bond acceptors (Lipinski definition) is 5. The Hall–Kier alpha value is -3.80. The van der Waals surface area contributed by atoms with Crippen molar-refractivity contribution in [1.29, 1.82) is 0 Å². The second kappa shape index (κ2) is 8.38. The lowest BCUT2D eigenvalue weighted by Gasteiger charge is -2.32. The molecule has 0 radical (unpaired) electrons. The van der Waals surface area contributed by atoms with Gasteiger partial charge in [0.25, 0.3) is 0 Å². The summed E-state index contributed by atoms with van der Waals surface area (Å²) < 4.78 is 10.9. The molecule has 0 saturated heterocycles. The maximum absolute atomic E-state index is 13.6. The number of anilines is 2. The molecule has 6 heteroatoms. The van der Waals surface area contributed by atoms with Crippen LogP contribution in [0.4, 0.5) is 11.4 Å². The van der Waals surface area contributed by atoms with Crippen molar-refractivity contribution in [2.45, 2.75) is 18.4 Å². The number of aromatic nitrogens is 1. The summed E-state index contributed by atoms with van der Waals surface area (Å²) in [7, 11) is 3.24. The summed E-state index contributed by atoms with van der Waals surface area (Å²) in [6, 6.07) is 17.8. The van der Waals surface area contributed by atoms with Crippen molar-refractivity contribution >= 4 is 17.2 Å². The van der Waals surface area contributed by atoms with E-state index in [1.165, 1.54) is 0 Å². The van der Waals surface area contributed by atoms with Crippen molar-refractivity contribution in [2.75, 3.05) is 24.9 Å². The number of methoxy groups -OCH3 is 2. The molecular formula is C26H26N3O3+. The molecule has 1 aromatic heterocycles. The number of fused-ring (bicyclic) bond motifs is 2. The Balaban J connectivity index is 1.59. The first-order chi connectivity index (χ1) is 15.7. The monoisotopic (exact) mass is 428 g/mol. The number of aromatic amines is 1. The van der Waals surface area contributed by atoms with Gasteiger partial charge in [0.1, 0.15) is 5.78 Å². The molecule has 0 amide bonds. The summed E-state index contributed by atoms with van der Waals surface area (Å²) in [5.74, 6) is 1.18. The first-order valence-electron chi connectivity index (χ1n) is 10.7. The molecular weight excluding hydrogens is 402 g/mol. The summed E-state index contributed by atoms with van der Waals surface area (Å²) >= 11 is 0. The molecule has 6 nitrogen and oxygen atoms in total. The topological polar surface area (TPSA) is 73.7 Å². The number of rotatable bonds is 4. The highest BCUT2D eigenvalue weighted by Crippen LogP contribution is 2.44. The molecule has 32 heavy (non-hydrogen) atoms. The van der Waals surface area contributed by atoms with E-state index in [-0.39, 0.29) is 23.7 Å². The number of benzene rings is 2. The fourth-order valence-electron chi connectivity index (χ4n) is 4.68. The standard InChI is InChI=1S/C26H25N3O3/c1-31-23-10-9-16(14-24(23)32-2)18-12-21-25(22(30)13-18)26(17-6-5-11-27-15-17)29-20-8-4-3-7-19(20)28-21/h3-12,14-15,18,25-26,28-29H,13H2,1-2H3/p+1. The predicted octanol–water partition coefficient (Wildman–Crippen LogP) is 4.35. The SMILES string of the molecule is COc1ccc(C2C=C3Nc4ccccc4NC(c4ccc[nH+]c4)C3C(=O)C2)cc1OC. The molecule has 162 valence electrons. The smallest absolute Gasteiger partial charge is 0.172 e. The number of nitrogens with one attached hydrogen (secondary N) is 3. The number of para-hydroxylation sites is 2. The number of H-pyrrole nitrogens is 1. The fourth-order valence-corrected chi connectivity index (χ4v) is 4.68. The average molecular weight is 429 g/mol. The van der Waals surface area contributed by atoms with E-state index in [1.54, 1.807) is 14.2 Å². The van der Waals surface area contributed by atoms with Gasteiger partial charge >= 0.3 is 0 Å². The zero-order valence-electron chi connectivity index (χ0n) is 18.1. The largest absolute Gasteiger partial charge is 0.493 e. The highest BCUT2D eigenvalue weighted by Gasteiger charge is 2.40. The van der Waals surface area contributed by atoms with Gasteiger partial charge in [-0.2, -0.15) is 0 Å². The van der Waals surface area contributed by atoms with E-state index in [1.807, 2.05) is 67.0 Å². The van der Waals surface area contributed by atoms with Gasteiger partial charge < -0.3 is 20.1 Å². The summed E-state index contributed by atoms with van der Waals surface area (Å²) in [5, 5.41) is 7.17. The average Bonchev–Trinajstić information content (AvgIpc) is 3.01. The van der Waals surface area contributed by atoms with Crippen LogP contribution in [0, 0.1) is 5.92 Å². The van der Waals surface area contributed by atoms with Gasteiger partial charge in [-0.3, -0.25) is 4.79 Å². The Bertz CT molecular complexity index is 1180. The highest BCUT2D eigenvalue weighted by molar-refractivity contribution is 5.90. The van der Waals surface area contributed by atoms with Gasteiger partial charge in [-0.1, -0.05) is 24.3 Å². The minimum atomic E-state index is -0.311. The number of carbonyl (C=O) groups excluding carboxylic acids is 1. The van der Waals surface area contributed by atoms with E-state index in [9.17, 15) is 4.79 Å². The van der Waals surface area contributed by atoms with Gasteiger partial charge in [0.15, 0.2) is 23.9 Å². The number of carbonyl (C=O) groups is 1. The molecule has 0 bridgehead atoms. The lowest BCUT2D eigenvalue weighted by molar-refractivity contribution is -0.378. The zero-order valence-corrected chi connectivity index (χ0v) is 18.1. The summed E-state index contributed by atoms with van der Waals surface area (Å²) in [6.07, 6.45) is 6.45. The van der Waals surface area contributed by atoms with Crippen molar-refractivity contribution in [3.63, 3.8) is 0 Å². The van der Waals surface area contributed by atoms with E-state index in [0.717, 1.165) is 28.2 Å². The van der Waals surface area contributed by atoms with Crippen LogP contribution in [0.25, 0.3) is 0 Å². The van der Waals surface area contributed by atoms with Crippen molar-refractivity contribution < 1.29 is 19.3 Å². The molecule has 1 aliphatic carbocycles. The summed E-state index contributed by atoms with van der Waals surface area (Å²) in [6.45, 7) is 0. The van der Waals surface area contributed by atoms with Crippen LogP contribution in [0.5, 0.6) is 11.5 Å². The molecule has 2 aromatic carbocycles. The first-order valence-corrected chi connectivity index (χ1v) is 10.7. The van der Waals surface area contributed by atoms with Gasteiger partial charge in [0.2, 0.25) is 0 Å². The predicted molar refractivity (Wildman–Crippen MR) is 123 cm³/mol. The van der Waals surface area contributed by atoms with Gasteiger partial charge in [0, 0.05) is 29.7 Å². The first kappa shape index (κ1) is 20.1. The van der Waals surface area contributed by atoms with Crippen molar-refractivity contribution in [3.8, 4) is 11.5 Å². The molecule has 0 saturated carbocycles. The van der Waals surface area contributed by atoms with E-state index in [0.29, 0.717) is 17.9 Å². The van der Waals surface area contributed by atoms with E-state index < -0.39 is 0 Å². The van der Waals surface area contributed by atoms with Crippen LogP contribution in [0.15, 0.2) is 78.8 Å². The van der Waals surface area contributed by atoms with Gasteiger partial charge in [-0.15, -0.1) is 0 Å². The molecule has 3 unspecified atom stereocenters. The molecule has 3 aromatic rings. The Morgan fingerprint density at radius 1 is 0.938 bits per heavy atom. The maximum atomic E-state index is 13.6. The van der Waals surface area contributed by atoms with Crippen LogP contribution in [-0.4, -0.2) is 20.0 Å². The van der Waals surface area contributed by atoms with Gasteiger partial charge in [-0.25, -0.2) is 4.98 Å². The van der Waals surface area contributed by atoms with Crippen LogP contribution < -0.4 is 25.1 Å². The number of pyridine rings is 1. The van der Waals surface area contributed by atoms with Crippen LogP contribution in [0.2, 0.25) is 0 Å². The van der Waals surface area contributed by atoms with Crippen LogP contribution in [0.1, 0.15) is 29.5 Å². The number of hydrogen-bond donors (Lipinski definition) is 2. The second-order valence-electron chi connectivity index (χ2n) is 8.12. The number of ether oxygens (including phenoxy) is 2.